The molecule has 0 bridgehead atoms. The van der Waals surface area contributed by atoms with Crippen LogP contribution in [-0.4, -0.2) is 274 Å². The molecule has 0 saturated carbocycles. The Kier molecular flexibility index (Phi) is 17.1. The molecule has 17 N–H and O–H groups in total. The molecule has 0 spiro atoms. The maximum absolute atomic E-state index is 11.7. The Hall–Kier alpha value is -1.53. The molecule has 5 rings (SSSR count). The molecule has 27 heteroatoms. The molecule has 0 aromatic heterocycles. The molecule has 0 aliphatic carbocycles. The molecule has 5 fully saturated rings. The lowest BCUT2D eigenvalue weighted by molar-refractivity contribution is -0.389. The molecule has 0 aromatic rings. The van der Waals surface area contributed by atoms with Crippen molar-refractivity contribution in [1.29, 1.82) is 0 Å². The highest BCUT2D eigenvalue weighted by molar-refractivity contribution is 5.73. The van der Waals surface area contributed by atoms with Gasteiger partial charge >= 0.3 is 0 Å². The van der Waals surface area contributed by atoms with Gasteiger partial charge in [0, 0.05) is 6.92 Å². The maximum Gasteiger partial charge on any atom is 0.217 e. The number of rotatable bonds is 14. The predicted molar refractivity (Wildman–Crippen MR) is 178 cm³/mol. The number of nitrogens with one attached hydrogen (secondary N) is 1. The lowest BCUT2D eigenvalue weighted by Gasteiger charge is -2.49. The van der Waals surface area contributed by atoms with Crippen molar-refractivity contribution < 1.29 is 129 Å². The minimum Gasteiger partial charge on any atom is -0.394 e. The van der Waals surface area contributed by atoms with Crippen LogP contribution >= 0.6 is 0 Å². The average Bonchev–Trinajstić information content (AvgIpc) is 3.21. The van der Waals surface area contributed by atoms with Gasteiger partial charge < -0.3 is 130 Å². The van der Waals surface area contributed by atoms with E-state index in [1.54, 1.807) is 0 Å². The summed E-state index contributed by atoms with van der Waals surface area (Å²) in [6.07, 6.45) is -44.5. The van der Waals surface area contributed by atoms with Crippen molar-refractivity contribution in [1.82, 2.24) is 5.32 Å². The van der Waals surface area contributed by atoms with E-state index >= 15 is 0 Å². The normalized spacial score (nSPS) is 51.0. The van der Waals surface area contributed by atoms with Crippen molar-refractivity contribution in [2.75, 3.05) is 33.0 Å². The van der Waals surface area contributed by atoms with E-state index in [-0.39, 0.29) is 0 Å². The van der Waals surface area contributed by atoms with E-state index in [2.05, 4.69) is 5.32 Å². The number of aliphatic hydroxyl groups excluding tert-OH is 16. The van der Waals surface area contributed by atoms with Gasteiger partial charge in [0.15, 0.2) is 31.5 Å². The zero-order valence-electron chi connectivity index (χ0n) is 31.2. The van der Waals surface area contributed by atoms with Crippen LogP contribution in [0.25, 0.3) is 0 Å². The summed E-state index contributed by atoms with van der Waals surface area (Å²) in [5.74, 6) is -0.689. The minimum atomic E-state index is -2.17. The van der Waals surface area contributed by atoms with Gasteiger partial charge in [-0.15, -0.1) is 0 Å². The van der Waals surface area contributed by atoms with Crippen LogP contribution in [0.4, 0.5) is 0 Å². The Morgan fingerprint density at radius 2 is 0.847 bits per heavy atom. The summed E-state index contributed by atoms with van der Waals surface area (Å²) >= 11 is 0. The first-order chi connectivity index (χ1) is 27.9. The third kappa shape index (κ3) is 10.3. The van der Waals surface area contributed by atoms with Crippen molar-refractivity contribution in [3.63, 3.8) is 0 Å². The topological polar surface area (TPSA) is 436 Å². The van der Waals surface area contributed by atoms with Gasteiger partial charge in [0.1, 0.15) is 122 Å². The van der Waals surface area contributed by atoms with Crippen molar-refractivity contribution >= 4 is 5.91 Å². The predicted octanol–water partition coefficient (Wildman–Crippen LogP) is -11.8. The molecule has 25 atom stereocenters. The zero-order valence-corrected chi connectivity index (χ0v) is 31.2. The zero-order chi connectivity index (χ0) is 43.6. The number of ether oxygens (including phenoxy) is 9. The molecule has 27 nitrogen and oxygen atoms in total. The Bertz CT molecular complexity index is 1320. The molecular formula is C32H55NO26. The third-order valence-electron chi connectivity index (χ3n) is 10.7. The standard InChI is InChI=1S/C32H55NO26/c1-7(38)33-13-17(42)25(10(4-36)52-28(13)50)57-31-23(48)20(45)26(11(5-37)55-31)58-32-24(49)27(59-30-22(47)19(44)15(40)9(3-35)54-30)16(41)12(56-32)6-51-29-21(46)18(43)14(39)8(2-34)53-29/h8-32,34-37,39-50H,2-6H2,1H3,(H,33,38)/t8-,9-,10-,11-,12-,13-,14-,15-,16-,17-,18+,19+,20-,21+,22+,23+,24+,25-,26-,27+,28-,29+,30-,31+,32+/m1/s1. The van der Waals surface area contributed by atoms with Gasteiger partial charge in [0.05, 0.1) is 33.0 Å². The van der Waals surface area contributed by atoms with Gasteiger partial charge in [-0.3, -0.25) is 4.79 Å². The fourth-order valence-electron chi connectivity index (χ4n) is 7.33. The second-order valence-electron chi connectivity index (χ2n) is 14.7. The second kappa shape index (κ2) is 20.8. The highest BCUT2D eigenvalue weighted by Gasteiger charge is 2.56. The van der Waals surface area contributed by atoms with E-state index in [4.69, 9.17) is 42.6 Å². The molecule has 0 unspecified atom stereocenters. The highest BCUT2D eigenvalue weighted by Crippen LogP contribution is 2.35. The summed E-state index contributed by atoms with van der Waals surface area (Å²) in [5, 5.41) is 170. The number of carbonyl (C=O) groups excluding carboxylic acids is 1. The molecule has 5 aliphatic rings. The monoisotopic (exact) mass is 869 g/mol. The summed E-state index contributed by atoms with van der Waals surface area (Å²) in [6, 6.07) is -1.49. The van der Waals surface area contributed by atoms with Gasteiger partial charge in [0.25, 0.3) is 0 Å². The van der Waals surface area contributed by atoms with Gasteiger partial charge in [-0.25, -0.2) is 0 Å². The van der Waals surface area contributed by atoms with E-state index in [1.807, 2.05) is 0 Å². The quantitative estimate of drug-likeness (QED) is 0.0770. The van der Waals surface area contributed by atoms with Gasteiger partial charge in [-0.05, 0) is 0 Å². The largest absolute Gasteiger partial charge is 0.394 e. The van der Waals surface area contributed by atoms with Crippen molar-refractivity contribution in [2.45, 2.75) is 160 Å². The van der Waals surface area contributed by atoms with Gasteiger partial charge in [-0.1, -0.05) is 0 Å². The fourth-order valence-corrected chi connectivity index (χ4v) is 7.33. The molecular weight excluding hydrogens is 814 g/mol. The van der Waals surface area contributed by atoms with Crippen molar-refractivity contribution in [3.05, 3.63) is 0 Å². The molecule has 59 heavy (non-hydrogen) atoms. The average molecular weight is 870 g/mol. The van der Waals surface area contributed by atoms with Crippen LogP contribution in [0.2, 0.25) is 0 Å². The Morgan fingerprint density at radius 3 is 1.37 bits per heavy atom. The van der Waals surface area contributed by atoms with E-state index in [0.29, 0.717) is 0 Å². The second-order valence-corrected chi connectivity index (χ2v) is 14.7. The number of hydrogen-bond donors (Lipinski definition) is 17. The minimum absolute atomic E-state index is 0.689. The van der Waals surface area contributed by atoms with Gasteiger partial charge in [-0.2, -0.15) is 0 Å². The number of amides is 1. The van der Waals surface area contributed by atoms with E-state index < -0.39 is 192 Å². The first kappa shape index (κ1) is 48.5. The molecule has 1 amide bonds. The van der Waals surface area contributed by atoms with Crippen LogP contribution in [0.3, 0.4) is 0 Å². The van der Waals surface area contributed by atoms with Crippen LogP contribution < -0.4 is 5.32 Å². The summed E-state index contributed by atoms with van der Waals surface area (Å²) in [6.45, 7) is -3.32. The first-order valence-electron chi connectivity index (χ1n) is 18.6. The number of aliphatic hydroxyl groups is 16. The maximum atomic E-state index is 11.7. The Labute approximate surface area is 333 Å². The van der Waals surface area contributed by atoms with E-state index in [1.165, 1.54) is 0 Å². The fraction of sp³-hybridized carbons (Fsp3) is 0.969. The lowest BCUT2D eigenvalue weighted by Crippen LogP contribution is -2.68. The number of carbonyl (C=O) groups is 1. The Balaban J connectivity index is 1.36. The molecule has 0 aromatic carbocycles. The van der Waals surface area contributed by atoms with Crippen LogP contribution in [0.15, 0.2) is 0 Å². The summed E-state index contributed by atoms with van der Waals surface area (Å²) < 4.78 is 49.9. The van der Waals surface area contributed by atoms with E-state index in [0.717, 1.165) is 6.92 Å². The SMILES string of the molecule is CC(=O)N[C@@H]1[C@@H](O)[C@H](O[C@@H]2O[C@H](CO)[C@@H](O[C@@H]3O[C@H](CO[C@H]4O[C@H](CO)[C@@H](O)[C@H](O)[C@@H]4O)[C@@H](O)[C@H](O[C@H]4O[C@H](CO)[C@@H](O)[C@H](O)[C@@H]4O)[C@@H]3O)[C@H](O)[C@@H]2O)[C@@H](CO)O[C@H]1O. The molecule has 344 valence electrons. The van der Waals surface area contributed by atoms with Gasteiger partial charge in [0.2, 0.25) is 5.91 Å². The van der Waals surface area contributed by atoms with Crippen LogP contribution in [0.5, 0.6) is 0 Å². The summed E-state index contributed by atoms with van der Waals surface area (Å²) in [4.78, 5) is 11.7. The Morgan fingerprint density at radius 1 is 0.441 bits per heavy atom. The van der Waals surface area contributed by atoms with Crippen LogP contribution in [0.1, 0.15) is 6.92 Å². The number of hydrogen-bond acceptors (Lipinski definition) is 26. The van der Waals surface area contributed by atoms with E-state index in [9.17, 15) is 86.5 Å². The summed E-state index contributed by atoms with van der Waals surface area (Å²) in [7, 11) is 0. The first-order valence-corrected chi connectivity index (χ1v) is 18.6. The van der Waals surface area contributed by atoms with Crippen molar-refractivity contribution in [3.8, 4) is 0 Å². The smallest absolute Gasteiger partial charge is 0.217 e. The van der Waals surface area contributed by atoms with Crippen molar-refractivity contribution in [2.24, 2.45) is 0 Å². The molecule has 5 aliphatic heterocycles. The molecule has 0 radical (unpaired) electrons. The molecule has 5 heterocycles. The highest BCUT2D eigenvalue weighted by atomic mass is 16.8. The lowest BCUT2D eigenvalue weighted by atomic mass is 9.95. The molecule has 5 saturated heterocycles. The third-order valence-corrected chi connectivity index (χ3v) is 10.7. The van der Waals surface area contributed by atoms with Crippen LogP contribution in [-0.2, 0) is 47.4 Å². The summed E-state index contributed by atoms with van der Waals surface area (Å²) in [5.41, 5.74) is 0. The van der Waals surface area contributed by atoms with Crippen LogP contribution in [0, 0.1) is 0 Å².